The molecule has 1 aromatic rings. The normalized spacial score (nSPS) is 13.2. The van der Waals surface area contributed by atoms with Crippen molar-refractivity contribution >= 4 is 39.8 Å². The molecule has 0 aliphatic carbocycles. The quantitative estimate of drug-likeness (QED) is 0.358. The number of carbonyl (C=O) groups is 2. The smallest absolute Gasteiger partial charge is 0.298 e. The van der Waals surface area contributed by atoms with E-state index >= 15 is 0 Å². The van der Waals surface area contributed by atoms with Crippen LogP contribution in [0.3, 0.4) is 0 Å². The molecule has 0 radical (unpaired) electrons. The zero-order chi connectivity index (χ0) is 13.9. The molecule has 7 heteroatoms. The van der Waals surface area contributed by atoms with Gasteiger partial charge in [-0.1, -0.05) is 28.1 Å². The van der Waals surface area contributed by atoms with Gasteiger partial charge in [-0.15, -0.1) is 0 Å². The number of alkyl halides is 4. The first-order valence-corrected chi connectivity index (χ1v) is 6.51. The maximum Gasteiger partial charge on any atom is 0.446 e. The van der Waals surface area contributed by atoms with Crippen LogP contribution in [-0.4, -0.2) is 22.4 Å². The fraction of sp³-hybridized carbons (Fsp3) is 0.273. The highest BCUT2D eigenvalue weighted by atomic mass is 79.9. The molecule has 18 heavy (non-hydrogen) atoms. The third-order valence-electron chi connectivity index (χ3n) is 2.04. The summed E-state index contributed by atoms with van der Waals surface area (Å²) in [4.78, 5) is 21.8. The molecule has 0 bridgehead atoms. The van der Waals surface area contributed by atoms with E-state index in [1.165, 1.54) is 12.1 Å². The topological polar surface area (TPSA) is 34.1 Å². The van der Waals surface area contributed by atoms with Gasteiger partial charge in [-0.2, -0.15) is 13.2 Å². The average molecular weight is 341 g/mol. The molecular formula is C11H8BrF3O2S. The lowest BCUT2D eigenvalue weighted by Crippen LogP contribution is -2.13. The molecule has 0 saturated carbocycles. The van der Waals surface area contributed by atoms with E-state index in [2.05, 4.69) is 15.9 Å². The second-order valence-electron chi connectivity index (χ2n) is 3.36. The standard InChI is InChI=1S/C11H8BrF3O2S/c1-6(12)10(17)7-3-2-4-9(8(7)5-16)18-11(13,14)15/h2-6H,1H3. The number of halogens is 4. The molecule has 1 aromatic carbocycles. The third-order valence-corrected chi connectivity index (χ3v) is 3.26. The van der Waals surface area contributed by atoms with Crippen LogP contribution in [0, 0.1) is 0 Å². The van der Waals surface area contributed by atoms with Gasteiger partial charge in [0.15, 0.2) is 12.1 Å². The van der Waals surface area contributed by atoms with Crippen LogP contribution >= 0.6 is 27.7 Å². The van der Waals surface area contributed by atoms with E-state index in [0.29, 0.717) is 0 Å². The summed E-state index contributed by atoms with van der Waals surface area (Å²) in [6.45, 7) is 1.54. The van der Waals surface area contributed by atoms with Crippen molar-refractivity contribution in [2.24, 2.45) is 0 Å². The van der Waals surface area contributed by atoms with Crippen molar-refractivity contribution in [1.82, 2.24) is 0 Å². The molecule has 0 fully saturated rings. The monoisotopic (exact) mass is 340 g/mol. The molecule has 0 saturated heterocycles. The number of carbonyl (C=O) groups excluding carboxylic acids is 2. The van der Waals surface area contributed by atoms with Crippen LogP contribution < -0.4 is 0 Å². The molecule has 1 atom stereocenters. The zero-order valence-electron chi connectivity index (χ0n) is 9.12. The van der Waals surface area contributed by atoms with E-state index in [1.54, 1.807) is 6.92 Å². The Morgan fingerprint density at radius 1 is 1.44 bits per heavy atom. The molecule has 0 aromatic heterocycles. The van der Waals surface area contributed by atoms with Crippen LogP contribution in [0.1, 0.15) is 27.6 Å². The number of aldehydes is 1. The fourth-order valence-corrected chi connectivity index (χ4v) is 2.22. The molecule has 1 rings (SSSR count). The maximum absolute atomic E-state index is 12.3. The third kappa shape index (κ3) is 3.84. The van der Waals surface area contributed by atoms with Gasteiger partial charge in [0.1, 0.15) is 0 Å². The van der Waals surface area contributed by atoms with Crippen molar-refractivity contribution in [2.75, 3.05) is 0 Å². The molecule has 0 heterocycles. The number of thioether (sulfide) groups is 1. The summed E-state index contributed by atoms with van der Waals surface area (Å²) >= 11 is 2.63. The predicted octanol–water partition coefficient (Wildman–Crippen LogP) is 4.08. The summed E-state index contributed by atoms with van der Waals surface area (Å²) in [6, 6.07) is 3.82. The minimum absolute atomic E-state index is 0.0105. The zero-order valence-corrected chi connectivity index (χ0v) is 11.5. The number of rotatable bonds is 4. The number of hydrogen-bond acceptors (Lipinski definition) is 3. The molecule has 0 amide bonds. The van der Waals surface area contributed by atoms with Crippen LogP contribution in [0.15, 0.2) is 23.1 Å². The second kappa shape index (κ2) is 5.88. The van der Waals surface area contributed by atoms with E-state index in [1.807, 2.05) is 0 Å². The Labute approximate surface area is 114 Å². The van der Waals surface area contributed by atoms with Gasteiger partial charge in [-0.25, -0.2) is 0 Å². The van der Waals surface area contributed by atoms with E-state index in [0.717, 1.165) is 6.07 Å². The van der Waals surface area contributed by atoms with Crippen LogP contribution in [0.2, 0.25) is 0 Å². The fourth-order valence-electron chi connectivity index (χ4n) is 1.31. The van der Waals surface area contributed by atoms with Gasteiger partial charge in [-0.3, -0.25) is 9.59 Å². The van der Waals surface area contributed by atoms with Gasteiger partial charge in [0.25, 0.3) is 0 Å². The first kappa shape index (κ1) is 15.2. The van der Waals surface area contributed by atoms with E-state index in [-0.39, 0.29) is 22.3 Å². The summed E-state index contributed by atoms with van der Waals surface area (Å²) in [5, 5.41) is 0. The minimum atomic E-state index is -4.50. The number of Topliss-reactive ketones (excluding diaryl/α,β-unsaturated/α-hetero) is 1. The number of ketones is 1. The minimum Gasteiger partial charge on any atom is -0.298 e. The Kier molecular flexibility index (Phi) is 4.98. The molecule has 0 N–H and O–H groups in total. The summed E-state index contributed by atoms with van der Waals surface area (Å²) in [5.41, 5.74) is -4.74. The molecular weight excluding hydrogens is 333 g/mol. The average Bonchev–Trinajstić information content (AvgIpc) is 2.25. The van der Waals surface area contributed by atoms with Crippen molar-refractivity contribution in [2.45, 2.75) is 22.2 Å². The van der Waals surface area contributed by atoms with Crippen molar-refractivity contribution in [3.8, 4) is 0 Å². The number of benzene rings is 1. The highest BCUT2D eigenvalue weighted by Gasteiger charge is 2.31. The molecule has 0 aliphatic rings. The molecule has 0 spiro atoms. The van der Waals surface area contributed by atoms with Crippen LogP contribution in [0.5, 0.6) is 0 Å². The lowest BCUT2D eigenvalue weighted by atomic mass is 10.0. The van der Waals surface area contributed by atoms with Crippen molar-refractivity contribution in [3.05, 3.63) is 29.3 Å². The van der Waals surface area contributed by atoms with Gasteiger partial charge in [0, 0.05) is 16.0 Å². The van der Waals surface area contributed by atoms with E-state index in [4.69, 9.17) is 0 Å². The van der Waals surface area contributed by atoms with Gasteiger partial charge >= 0.3 is 5.51 Å². The van der Waals surface area contributed by atoms with Gasteiger partial charge in [-0.05, 0) is 24.8 Å². The van der Waals surface area contributed by atoms with Crippen LogP contribution in [-0.2, 0) is 0 Å². The van der Waals surface area contributed by atoms with Crippen molar-refractivity contribution < 1.29 is 22.8 Å². The Hall–Kier alpha value is -0.820. The Bertz CT molecular complexity index is 472. The Morgan fingerprint density at radius 3 is 2.50 bits per heavy atom. The first-order valence-electron chi connectivity index (χ1n) is 4.78. The Balaban J connectivity index is 3.27. The summed E-state index contributed by atoms with van der Waals surface area (Å²) < 4.78 is 36.9. The lowest BCUT2D eigenvalue weighted by Gasteiger charge is -2.11. The summed E-state index contributed by atoms with van der Waals surface area (Å²) in [5.74, 6) is -0.429. The molecule has 1 unspecified atom stereocenters. The molecule has 2 nitrogen and oxygen atoms in total. The van der Waals surface area contributed by atoms with Gasteiger partial charge in [0.2, 0.25) is 0 Å². The second-order valence-corrected chi connectivity index (χ2v) is 5.84. The molecule has 0 aliphatic heterocycles. The van der Waals surface area contributed by atoms with E-state index < -0.39 is 27.9 Å². The summed E-state index contributed by atoms with van der Waals surface area (Å²) in [6.07, 6.45) is 0.274. The van der Waals surface area contributed by atoms with Crippen molar-refractivity contribution in [1.29, 1.82) is 0 Å². The molecule has 98 valence electrons. The van der Waals surface area contributed by atoms with E-state index in [9.17, 15) is 22.8 Å². The highest BCUT2D eigenvalue weighted by molar-refractivity contribution is 9.10. The highest BCUT2D eigenvalue weighted by Crippen LogP contribution is 2.39. The lowest BCUT2D eigenvalue weighted by molar-refractivity contribution is -0.0328. The van der Waals surface area contributed by atoms with Gasteiger partial charge < -0.3 is 0 Å². The summed E-state index contributed by atoms with van der Waals surface area (Å²) in [7, 11) is 0. The van der Waals surface area contributed by atoms with Crippen molar-refractivity contribution in [3.63, 3.8) is 0 Å². The largest absolute Gasteiger partial charge is 0.446 e. The first-order chi connectivity index (χ1) is 8.26. The van der Waals surface area contributed by atoms with Crippen LogP contribution in [0.4, 0.5) is 13.2 Å². The number of hydrogen-bond donors (Lipinski definition) is 0. The Morgan fingerprint density at radius 2 is 2.06 bits per heavy atom. The SMILES string of the molecule is CC(Br)C(=O)c1cccc(SC(F)(F)F)c1C=O. The van der Waals surface area contributed by atoms with Crippen LogP contribution in [0.25, 0.3) is 0 Å². The van der Waals surface area contributed by atoms with Gasteiger partial charge in [0.05, 0.1) is 4.83 Å². The predicted molar refractivity (Wildman–Crippen MR) is 66.5 cm³/mol. The maximum atomic E-state index is 12.3.